The standard InChI is InChI=1S/C23H30N6O8/c1-12(27-21(34)16(24)8-13-2-4-15(30)5-3-13)20(33)28-17(6-7-19(31)32)22(35)29-18(23(36)37)9-14-10-25-11-26-14/h2-5,10-12,16-18,30H,6-9,24H2,1H3,(H,25,26)(H,27,34)(H,28,33)(H,29,35)(H,31,32)(H,36,37). The number of phenolic OH excluding ortho intramolecular Hbond substituents is 1. The summed E-state index contributed by atoms with van der Waals surface area (Å²) in [6.45, 7) is 1.35. The number of nitrogens with two attached hydrogens (primary N) is 1. The molecule has 37 heavy (non-hydrogen) atoms. The number of imidazole rings is 1. The van der Waals surface area contributed by atoms with Gasteiger partial charge in [0.25, 0.3) is 0 Å². The lowest BCUT2D eigenvalue weighted by molar-refractivity contribution is -0.143. The van der Waals surface area contributed by atoms with Gasteiger partial charge in [0, 0.05) is 24.7 Å². The Morgan fingerprint density at radius 2 is 1.59 bits per heavy atom. The average Bonchev–Trinajstić information content (AvgIpc) is 3.35. The first-order valence-electron chi connectivity index (χ1n) is 11.3. The summed E-state index contributed by atoms with van der Waals surface area (Å²) in [5.41, 5.74) is 7.04. The Balaban J connectivity index is 1.99. The van der Waals surface area contributed by atoms with Crippen molar-refractivity contribution in [3.05, 3.63) is 48.0 Å². The fourth-order valence-corrected chi connectivity index (χ4v) is 3.29. The van der Waals surface area contributed by atoms with Gasteiger partial charge in [-0.1, -0.05) is 12.1 Å². The van der Waals surface area contributed by atoms with Crippen molar-refractivity contribution < 1.29 is 39.3 Å². The number of amides is 3. The van der Waals surface area contributed by atoms with E-state index in [9.17, 15) is 34.2 Å². The molecule has 0 fully saturated rings. The van der Waals surface area contributed by atoms with Gasteiger partial charge in [-0.15, -0.1) is 0 Å². The first-order chi connectivity index (χ1) is 17.5. The number of carboxylic acids is 2. The molecule has 2 rings (SSSR count). The molecule has 4 unspecified atom stereocenters. The zero-order valence-corrected chi connectivity index (χ0v) is 20.0. The molecule has 4 atom stereocenters. The molecular weight excluding hydrogens is 488 g/mol. The Kier molecular flexibility index (Phi) is 10.6. The van der Waals surface area contributed by atoms with Crippen molar-refractivity contribution in [1.82, 2.24) is 25.9 Å². The van der Waals surface area contributed by atoms with E-state index in [1.54, 1.807) is 12.1 Å². The number of nitrogens with one attached hydrogen (secondary N) is 4. The highest BCUT2D eigenvalue weighted by Crippen LogP contribution is 2.11. The number of benzene rings is 1. The minimum Gasteiger partial charge on any atom is -0.508 e. The molecule has 0 radical (unpaired) electrons. The zero-order chi connectivity index (χ0) is 27.5. The molecule has 2 aromatic rings. The van der Waals surface area contributed by atoms with Crippen molar-refractivity contribution in [3.8, 4) is 5.75 Å². The lowest BCUT2D eigenvalue weighted by Gasteiger charge is -2.23. The minimum atomic E-state index is -1.38. The van der Waals surface area contributed by atoms with Gasteiger partial charge in [-0.25, -0.2) is 9.78 Å². The number of H-pyrrole nitrogens is 1. The third-order valence-electron chi connectivity index (χ3n) is 5.35. The second kappa shape index (κ2) is 13.6. The van der Waals surface area contributed by atoms with E-state index in [0.29, 0.717) is 11.3 Å². The largest absolute Gasteiger partial charge is 0.508 e. The summed E-state index contributed by atoms with van der Waals surface area (Å²) >= 11 is 0. The molecule has 0 aliphatic heterocycles. The number of phenols is 1. The zero-order valence-electron chi connectivity index (χ0n) is 20.0. The number of aromatic nitrogens is 2. The van der Waals surface area contributed by atoms with Crippen molar-refractivity contribution in [2.45, 2.75) is 56.8 Å². The molecule has 0 aliphatic carbocycles. The maximum Gasteiger partial charge on any atom is 0.326 e. The van der Waals surface area contributed by atoms with Gasteiger partial charge in [0.1, 0.15) is 23.9 Å². The maximum absolute atomic E-state index is 12.8. The molecule has 0 bridgehead atoms. The molecular formula is C23H30N6O8. The van der Waals surface area contributed by atoms with E-state index in [1.807, 2.05) is 0 Å². The average molecular weight is 519 g/mol. The summed E-state index contributed by atoms with van der Waals surface area (Å²) in [4.78, 5) is 67.1. The highest BCUT2D eigenvalue weighted by molar-refractivity contribution is 5.94. The van der Waals surface area contributed by atoms with Crippen molar-refractivity contribution in [2.75, 3.05) is 0 Å². The van der Waals surface area contributed by atoms with Gasteiger partial charge in [-0.05, 0) is 37.5 Å². The molecule has 9 N–H and O–H groups in total. The van der Waals surface area contributed by atoms with Crippen LogP contribution in [0.25, 0.3) is 0 Å². The Bertz CT molecular complexity index is 1090. The van der Waals surface area contributed by atoms with Gasteiger partial charge < -0.3 is 42.0 Å². The van der Waals surface area contributed by atoms with Crippen LogP contribution in [0, 0.1) is 0 Å². The number of nitrogens with zero attached hydrogens (tertiary/aromatic N) is 1. The number of aliphatic carboxylic acids is 2. The third-order valence-corrected chi connectivity index (χ3v) is 5.35. The van der Waals surface area contributed by atoms with Gasteiger partial charge in [0.05, 0.1) is 12.4 Å². The normalized spacial score (nSPS) is 14.0. The Hall–Kier alpha value is -4.46. The van der Waals surface area contributed by atoms with Crippen LogP contribution in [-0.4, -0.2) is 79.1 Å². The predicted octanol–water partition coefficient (Wildman–Crippen LogP) is -1.35. The fourth-order valence-electron chi connectivity index (χ4n) is 3.29. The SMILES string of the molecule is CC(NC(=O)C(N)Cc1ccc(O)cc1)C(=O)NC(CCC(=O)O)C(=O)NC(Cc1cnc[nH]1)C(=O)O. The lowest BCUT2D eigenvalue weighted by atomic mass is 10.1. The van der Waals surface area contributed by atoms with Crippen LogP contribution in [0.15, 0.2) is 36.8 Å². The monoisotopic (exact) mass is 518 g/mol. The second-order valence-electron chi connectivity index (χ2n) is 8.38. The Labute approximate surface area is 211 Å². The van der Waals surface area contributed by atoms with Crippen LogP contribution in [0.1, 0.15) is 31.0 Å². The second-order valence-corrected chi connectivity index (χ2v) is 8.38. The van der Waals surface area contributed by atoms with Crippen LogP contribution in [0.3, 0.4) is 0 Å². The predicted molar refractivity (Wildman–Crippen MR) is 128 cm³/mol. The van der Waals surface area contributed by atoms with Gasteiger partial charge in [0.2, 0.25) is 17.7 Å². The topological polar surface area (TPSA) is 237 Å². The van der Waals surface area contributed by atoms with Gasteiger partial charge in [-0.3, -0.25) is 19.2 Å². The first kappa shape index (κ1) is 28.8. The lowest BCUT2D eigenvalue weighted by Crippen LogP contribution is -2.56. The summed E-state index contributed by atoms with van der Waals surface area (Å²) in [5, 5.41) is 34.9. The van der Waals surface area contributed by atoms with Crippen LogP contribution < -0.4 is 21.7 Å². The summed E-state index contributed by atoms with van der Waals surface area (Å²) < 4.78 is 0. The van der Waals surface area contributed by atoms with Crippen LogP contribution in [0.2, 0.25) is 0 Å². The molecule has 14 nitrogen and oxygen atoms in total. The summed E-state index contributed by atoms with van der Waals surface area (Å²) in [6, 6.07) is 1.19. The number of rotatable bonds is 14. The van der Waals surface area contributed by atoms with Crippen LogP contribution in [0.5, 0.6) is 5.75 Å². The van der Waals surface area contributed by atoms with E-state index in [-0.39, 0.29) is 25.0 Å². The molecule has 14 heteroatoms. The van der Waals surface area contributed by atoms with Crippen LogP contribution in [-0.2, 0) is 36.8 Å². The molecule has 1 aromatic heterocycles. The van der Waals surface area contributed by atoms with Crippen molar-refractivity contribution in [3.63, 3.8) is 0 Å². The highest BCUT2D eigenvalue weighted by atomic mass is 16.4. The van der Waals surface area contributed by atoms with Crippen molar-refractivity contribution in [1.29, 1.82) is 0 Å². The Morgan fingerprint density at radius 1 is 0.946 bits per heavy atom. The van der Waals surface area contributed by atoms with Gasteiger partial charge in [0.15, 0.2) is 0 Å². The van der Waals surface area contributed by atoms with E-state index in [0.717, 1.165) is 0 Å². The number of hydrogen-bond donors (Lipinski definition) is 8. The number of aromatic hydroxyl groups is 1. The minimum absolute atomic E-state index is 0.0598. The molecule has 3 amide bonds. The maximum atomic E-state index is 12.8. The van der Waals surface area contributed by atoms with E-state index in [2.05, 4.69) is 25.9 Å². The van der Waals surface area contributed by atoms with Gasteiger partial charge in [-0.2, -0.15) is 0 Å². The highest BCUT2D eigenvalue weighted by Gasteiger charge is 2.29. The molecule has 0 saturated heterocycles. The van der Waals surface area contributed by atoms with E-state index >= 15 is 0 Å². The molecule has 1 heterocycles. The number of carbonyl (C=O) groups excluding carboxylic acids is 3. The fraction of sp³-hybridized carbons (Fsp3) is 0.391. The van der Waals surface area contributed by atoms with Crippen molar-refractivity contribution >= 4 is 29.7 Å². The summed E-state index contributed by atoms with van der Waals surface area (Å²) in [7, 11) is 0. The summed E-state index contributed by atoms with van der Waals surface area (Å²) in [5.74, 6) is -4.84. The molecule has 1 aromatic carbocycles. The van der Waals surface area contributed by atoms with Crippen molar-refractivity contribution in [2.24, 2.45) is 5.73 Å². The number of aromatic amines is 1. The van der Waals surface area contributed by atoms with Crippen LogP contribution >= 0.6 is 0 Å². The van der Waals surface area contributed by atoms with Crippen LogP contribution in [0.4, 0.5) is 0 Å². The Morgan fingerprint density at radius 3 is 2.16 bits per heavy atom. The van der Waals surface area contributed by atoms with E-state index in [4.69, 9.17) is 10.8 Å². The quantitative estimate of drug-likeness (QED) is 0.146. The molecule has 0 aliphatic rings. The third kappa shape index (κ3) is 9.60. The number of hydrogen-bond acceptors (Lipinski definition) is 8. The number of carboxylic acid groups (broad SMARTS) is 2. The number of carbonyl (C=O) groups is 5. The first-order valence-corrected chi connectivity index (χ1v) is 11.3. The molecule has 200 valence electrons. The van der Waals surface area contributed by atoms with E-state index < -0.39 is 60.2 Å². The van der Waals surface area contributed by atoms with Gasteiger partial charge >= 0.3 is 11.9 Å². The smallest absolute Gasteiger partial charge is 0.326 e. The molecule has 0 saturated carbocycles. The van der Waals surface area contributed by atoms with E-state index in [1.165, 1.54) is 31.6 Å². The molecule has 0 spiro atoms. The summed E-state index contributed by atoms with van der Waals surface area (Å²) in [6.07, 6.45) is 1.96.